The Morgan fingerprint density at radius 1 is 0.309 bits per heavy atom. The molecule has 0 atom stereocenters. The first-order valence-corrected chi connectivity index (χ1v) is 18.2. The monoisotopic (exact) mass is 1200 g/mol. The molecule has 0 aliphatic rings. The van der Waals surface area contributed by atoms with Gasteiger partial charge in [0.2, 0.25) is 0 Å². The summed E-state index contributed by atoms with van der Waals surface area (Å²) in [5.41, 5.74) is 6.92. The van der Waals surface area contributed by atoms with E-state index in [1.807, 2.05) is 109 Å². The number of aromatic nitrogens is 6. The Hall–Kier alpha value is -2.98. The zero-order valence-corrected chi connectivity index (χ0v) is 35.1. The molecule has 0 unspecified atom stereocenters. The summed E-state index contributed by atoms with van der Waals surface area (Å²) >= 11 is 4.08. The minimum absolute atomic E-state index is 0. The van der Waals surface area contributed by atoms with E-state index in [1.165, 1.54) is 0 Å². The predicted molar refractivity (Wildman–Crippen MR) is 155 cm³/mol. The summed E-state index contributed by atoms with van der Waals surface area (Å²) < 4.78 is 102. The molecule has 0 spiro atoms. The third kappa shape index (κ3) is 29.0. The summed E-state index contributed by atoms with van der Waals surface area (Å²) in [6.45, 7) is 0. The van der Waals surface area contributed by atoms with Gasteiger partial charge in [-0.2, -0.15) is 6.26 Å². The molecule has 0 fully saturated rings. The summed E-state index contributed by atoms with van der Waals surface area (Å²) in [5.74, 6) is 0. The molecule has 0 radical (unpaired) electrons. The van der Waals surface area contributed by atoms with E-state index in [-0.39, 0.29) is 42.1 Å². The summed E-state index contributed by atoms with van der Waals surface area (Å²) in [5, 5.41) is 0. The number of hydrogen-bond donors (Lipinski definition) is 0. The van der Waals surface area contributed by atoms with Gasteiger partial charge in [0.1, 0.15) is 0 Å². The van der Waals surface area contributed by atoms with Crippen LogP contribution in [-0.4, -0.2) is 36.2 Å². The molecule has 6 rings (SSSR count). The van der Waals surface area contributed by atoms with Crippen LogP contribution in [0.2, 0.25) is 0 Å². The molecule has 0 aromatic carbocycles. The van der Waals surface area contributed by atoms with Crippen molar-refractivity contribution in [2.45, 2.75) is 0 Å². The zero-order chi connectivity index (χ0) is 39.9. The smallest absolute Gasteiger partial charge is 0.796 e. The molecule has 0 N–H and O–H groups in total. The van der Waals surface area contributed by atoms with Crippen molar-refractivity contribution < 1.29 is 129 Å². The van der Waals surface area contributed by atoms with Crippen LogP contribution in [0.3, 0.4) is 0 Å². The van der Waals surface area contributed by atoms with E-state index in [1.54, 1.807) is 31.0 Å². The predicted octanol–water partition coefficient (Wildman–Crippen LogP) is -7.70. The summed E-state index contributed by atoms with van der Waals surface area (Å²) in [6.07, 6.45) is 8.66. The van der Waals surface area contributed by atoms with Gasteiger partial charge in [0.15, 0.2) is 0 Å². The Bertz CT molecular complexity index is 1590. The molecule has 6 aromatic rings. The fraction of sp³-hybridized carbons (Fsp3) is 0.0323. The topological polar surface area (TPSA) is 354 Å². The van der Waals surface area contributed by atoms with E-state index >= 15 is 0 Å². The maximum Gasteiger partial charge on any atom is 2.00 e. The number of nitrogens with zero attached hydrogens (tertiary/aromatic N) is 6. The molecule has 0 aliphatic heterocycles. The minimum atomic E-state index is -4.94. The third-order valence-corrected chi connectivity index (χ3v) is 5.21. The minimum Gasteiger partial charge on any atom is -0.796 e. The zero-order valence-electron chi connectivity index (χ0n) is 27.5. The van der Waals surface area contributed by atoms with Gasteiger partial charge in [-0.3, -0.25) is 19.9 Å². The normalized spacial score (nSPS) is 10.1. The first kappa shape index (κ1) is 54.1. The van der Waals surface area contributed by atoms with Crippen molar-refractivity contribution in [3.05, 3.63) is 134 Å². The van der Waals surface area contributed by atoms with Gasteiger partial charge in [-0.15, -0.1) is 30.7 Å². The molecule has 0 aliphatic carbocycles. The van der Waals surface area contributed by atoms with Crippen LogP contribution in [0.5, 0.6) is 0 Å². The standard InChI is InChI=1S/2C15H11N3.CH4S.3ClHO4.2Pt/c2*1-3-10-16-12(6-1)14-8-5-9-15(18-14)13-7-2-4-11-17-13;1-2;3*2-1(3,4)5;;/h2*1-11H;2H,1H3;3*(H,2,3,4,5);;/q;;;;;;2*+2/p-4. The first-order valence-electron chi connectivity index (χ1n) is 13.7. The average Bonchev–Trinajstić information content (AvgIpc) is 3.12. The van der Waals surface area contributed by atoms with Crippen LogP contribution in [-0.2, 0) is 54.8 Å². The van der Waals surface area contributed by atoms with Crippen molar-refractivity contribution in [3.8, 4) is 45.6 Å². The molecule has 0 bridgehead atoms. The molecule has 6 heterocycles. The summed E-state index contributed by atoms with van der Waals surface area (Å²) in [7, 11) is -14.8. The van der Waals surface area contributed by atoms with Crippen LogP contribution in [0.1, 0.15) is 0 Å². The van der Waals surface area contributed by atoms with E-state index in [4.69, 9.17) is 55.9 Å². The molecular weight excluding hydrogens is 1180 g/mol. The number of rotatable bonds is 4. The van der Waals surface area contributed by atoms with Crippen molar-refractivity contribution >= 4 is 12.6 Å². The van der Waals surface area contributed by atoms with E-state index in [9.17, 15) is 0 Å². The SMILES string of the molecule is C[S-].[O-][Cl+3]([O-])([O-])[O-].[O-][Cl+3]([O-])([O-])[O-].[O-][Cl+3]([O-])([O-])[O-].[Pt+2].[Pt+2].c1ccc(-c2cccc(-c3ccccn3)n2)nc1.c1ccc(-c2cccc(-c3ccccn3)n2)nc1. The first-order chi connectivity index (χ1) is 24.9. The van der Waals surface area contributed by atoms with Crippen LogP contribution >= 0.6 is 0 Å². The summed E-state index contributed by atoms with van der Waals surface area (Å²) in [6, 6.07) is 35.0. The van der Waals surface area contributed by atoms with E-state index in [0.717, 1.165) is 45.6 Å². The molecule has 0 amide bonds. The Morgan fingerprint density at radius 2 is 0.473 bits per heavy atom. The number of hydrogen-bond acceptors (Lipinski definition) is 19. The van der Waals surface area contributed by atoms with E-state index < -0.39 is 30.7 Å². The Labute approximate surface area is 354 Å². The second-order valence-electron chi connectivity index (χ2n) is 8.81. The van der Waals surface area contributed by atoms with Crippen LogP contribution < -0.4 is 55.9 Å². The molecule has 6 aromatic heterocycles. The van der Waals surface area contributed by atoms with Crippen molar-refractivity contribution in [1.82, 2.24) is 29.9 Å². The second-order valence-corrected chi connectivity index (χ2v) is 11.1. The quantitative estimate of drug-likeness (QED) is 0.148. The molecule has 18 nitrogen and oxygen atoms in total. The molecule has 0 saturated heterocycles. The second kappa shape index (κ2) is 28.4. The van der Waals surface area contributed by atoms with Gasteiger partial charge < -0.3 is 12.6 Å². The number of halogens is 3. The van der Waals surface area contributed by atoms with Crippen molar-refractivity contribution in [2.24, 2.45) is 0 Å². The molecule has 298 valence electrons. The Balaban J connectivity index is 0. The Kier molecular flexibility index (Phi) is 28.0. The fourth-order valence-corrected chi connectivity index (χ4v) is 3.50. The molecule has 55 heavy (non-hydrogen) atoms. The van der Waals surface area contributed by atoms with Gasteiger partial charge in [-0.1, -0.05) is 36.4 Å². The van der Waals surface area contributed by atoms with Gasteiger partial charge >= 0.3 is 42.1 Å². The van der Waals surface area contributed by atoms with Crippen LogP contribution in [0.25, 0.3) is 45.6 Å². The molecular formula is C31H25Cl3N6O12Pt2S. The number of pyridine rings is 6. The average molecular weight is 1200 g/mol. The van der Waals surface area contributed by atoms with Crippen molar-refractivity contribution in [1.29, 1.82) is 0 Å². The van der Waals surface area contributed by atoms with Crippen molar-refractivity contribution in [2.75, 3.05) is 6.26 Å². The van der Waals surface area contributed by atoms with Gasteiger partial charge in [-0.25, -0.2) is 65.9 Å². The maximum absolute atomic E-state index is 8.49. The van der Waals surface area contributed by atoms with Gasteiger partial charge in [0.05, 0.1) is 45.6 Å². The fourth-order valence-electron chi connectivity index (χ4n) is 3.50. The van der Waals surface area contributed by atoms with Crippen LogP contribution in [0, 0.1) is 30.7 Å². The molecule has 24 heteroatoms. The van der Waals surface area contributed by atoms with Gasteiger partial charge in [0, 0.05) is 24.8 Å². The maximum atomic E-state index is 8.49. The molecule has 0 saturated carbocycles. The third-order valence-electron chi connectivity index (χ3n) is 5.21. The van der Waals surface area contributed by atoms with Crippen LogP contribution in [0.15, 0.2) is 134 Å². The van der Waals surface area contributed by atoms with E-state index in [0.29, 0.717) is 0 Å². The largest absolute Gasteiger partial charge is 2.00 e. The Morgan fingerprint density at radius 3 is 0.618 bits per heavy atom. The van der Waals surface area contributed by atoms with Gasteiger partial charge in [-0.05, 0) is 72.8 Å². The summed E-state index contributed by atoms with van der Waals surface area (Å²) in [4.78, 5) is 26.4. The van der Waals surface area contributed by atoms with Gasteiger partial charge in [0.25, 0.3) is 0 Å². The van der Waals surface area contributed by atoms with E-state index in [2.05, 4.69) is 42.5 Å². The van der Waals surface area contributed by atoms with Crippen molar-refractivity contribution in [3.63, 3.8) is 0 Å². The van der Waals surface area contributed by atoms with Crippen LogP contribution in [0.4, 0.5) is 0 Å².